The van der Waals surface area contributed by atoms with Gasteiger partial charge in [0.05, 0.1) is 12.5 Å². The maximum absolute atomic E-state index is 12.1. The summed E-state index contributed by atoms with van der Waals surface area (Å²) in [5.41, 5.74) is 0. The summed E-state index contributed by atoms with van der Waals surface area (Å²) in [4.78, 5) is 10.4. The first-order valence-electron chi connectivity index (χ1n) is 5.86. The Morgan fingerprint density at radius 1 is 1.50 bits per heavy atom. The molecule has 1 aliphatic heterocycles. The monoisotopic (exact) mass is 280 g/mol. The van der Waals surface area contributed by atoms with Gasteiger partial charge < -0.3 is 10.2 Å². The van der Waals surface area contributed by atoms with Gasteiger partial charge >= 0.3 is 5.97 Å². The van der Waals surface area contributed by atoms with Crippen molar-refractivity contribution >= 4 is 16.2 Å². The van der Waals surface area contributed by atoms with Crippen molar-refractivity contribution in [3.8, 4) is 0 Å². The van der Waals surface area contributed by atoms with Gasteiger partial charge in [-0.1, -0.05) is 6.92 Å². The van der Waals surface area contributed by atoms with Crippen molar-refractivity contribution in [1.29, 1.82) is 0 Å². The van der Waals surface area contributed by atoms with Crippen LogP contribution in [-0.4, -0.2) is 66.0 Å². The van der Waals surface area contributed by atoms with Crippen molar-refractivity contribution in [2.75, 3.05) is 26.7 Å². The van der Waals surface area contributed by atoms with Crippen LogP contribution in [0.2, 0.25) is 0 Å². The fourth-order valence-corrected chi connectivity index (χ4v) is 3.19. The first-order valence-corrected chi connectivity index (χ1v) is 7.26. The number of carboxylic acids is 1. The van der Waals surface area contributed by atoms with Gasteiger partial charge in [-0.3, -0.25) is 4.79 Å². The minimum Gasteiger partial charge on any atom is -0.481 e. The van der Waals surface area contributed by atoms with Crippen molar-refractivity contribution in [2.45, 2.75) is 25.9 Å². The van der Waals surface area contributed by atoms with Gasteiger partial charge in [0.1, 0.15) is 0 Å². The molecule has 0 bridgehead atoms. The first-order chi connectivity index (χ1) is 8.25. The van der Waals surface area contributed by atoms with Crippen molar-refractivity contribution in [3.63, 3.8) is 0 Å². The van der Waals surface area contributed by atoms with Gasteiger partial charge in [0.15, 0.2) is 0 Å². The lowest BCUT2D eigenvalue weighted by Crippen LogP contribution is -2.50. The normalized spacial score (nSPS) is 26.4. The minimum atomic E-state index is -3.67. The van der Waals surface area contributed by atoms with E-state index in [1.165, 1.54) is 11.4 Å². The number of nitrogens with zero attached hydrogens (tertiary/aromatic N) is 2. The molecule has 0 aromatic carbocycles. The topological polar surface area (TPSA) is 98.2 Å². The summed E-state index contributed by atoms with van der Waals surface area (Å²) in [5.74, 6) is -0.954. The highest BCUT2D eigenvalue weighted by molar-refractivity contribution is 7.86. The largest absolute Gasteiger partial charge is 0.481 e. The van der Waals surface area contributed by atoms with E-state index in [2.05, 4.69) is 0 Å². The van der Waals surface area contributed by atoms with E-state index in [0.29, 0.717) is 13.0 Å². The predicted molar refractivity (Wildman–Crippen MR) is 65.2 cm³/mol. The lowest BCUT2D eigenvalue weighted by molar-refractivity contribution is -0.137. The molecule has 1 heterocycles. The Kier molecular flexibility index (Phi) is 5.09. The van der Waals surface area contributed by atoms with Crippen LogP contribution in [-0.2, 0) is 15.0 Å². The van der Waals surface area contributed by atoms with E-state index in [1.807, 2.05) is 6.92 Å². The van der Waals surface area contributed by atoms with Crippen LogP contribution < -0.4 is 0 Å². The minimum absolute atomic E-state index is 0.0696. The van der Waals surface area contributed by atoms with E-state index in [0.717, 1.165) is 4.31 Å². The predicted octanol–water partition coefficient (Wildman–Crippen LogP) is -0.660. The highest BCUT2D eigenvalue weighted by atomic mass is 32.2. The first kappa shape index (κ1) is 15.4. The number of aliphatic hydroxyl groups excluding tert-OH is 1. The third-order valence-electron chi connectivity index (χ3n) is 3.24. The van der Waals surface area contributed by atoms with Crippen molar-refractivity contribution in [1.82, 2.24) is 8.61 Å². The van der Waals surface area contributed by atoms with Gasteiger partial charge in [-0.25, -0.2) is 0 Å². The van der Waals surface area contributed by atoms with Crippen LogP contribution in [0.5, 0.6) is 0 Å². The Labute approximate surface area is 107 Å². The Morgan fingerprint density at radius 3 is 2.61 bits per heavy atom. The molecule has 2 unspecified atom stereocenters. The lowest BCUT2D eigenvalue weighted by atomic mass is 9.98. The summed E-state index contributed by atoms with van der Waals surface area (Å²) < 4.78 is 26.4. The molecule has 1 saturated heterocycles. The van der Waals surface area contributed by atoms with Crippen molar-refractivity contribution in [3.05, 3.63) is 0 Å². The molecule has 2 N–H and O–H groups in total. The molecule has 0 aromatic heterocycles. The van der Waals surface area contributed by atoms with Crippen LogP contribution in [0.1, 0.15) is 19.8 Å². The Bertz CT molecular complexity index is 397. The second-order valence-electron chi connectivity index (χ2n) is 4.66. The van der Waals surface area contributed by atoms with Crippen LogP contribution in [0.3, 0.4) is 0 Å². The van der Waals surface area contributed by atoms with Crippen molar-refractivity contribution in [2.24, 2.45) is 5.92 Å². The molecule has 0 amide bonds. The number of aliphatic hydroxyl groups is 1. The van der Waals surface area contributed by atoms with Crippen LogP contribution in [0.15, 0.2) is 0 Å². The zero-order valence-corrected chi connectivity index (χ0v) is 11.4. The maximum atomic E-state index is 12.1. The molecule has 18 heavy (non-hydrogen) atoms. The van der Waals surface area contributed by atoms with Crippen LogP contribution >= 0.6 is 0 Å². The summed E-state index contributed by atoms with van der Waals surface area (Å²) in [6, 6.07) is 0. The molecule has 1 rings (SSSR count). The molecule has 8 heteroatoms. The number of rotatable bonds is 5. The summed E-state index contributed by atoms with van der Waals surface area (Å²) in [6.45, 7) is 2.24. The van der Waals surface area contributed by atoms with Gasteiger partial charge in [0.2, 0.25) is 0 Å². The molecule has 1 aliphatic rings. The molecule has 0 spiro atoms. The zero-order chi connectivity index (χ0) is 13.9. The molecule has 0 radical (unpaired) electrons. The highest BCUT2D eigenvalue weighted by Gasteiger charge is 2.34. The Balaban J connectivity index is 2.65. The summed E-state index contributed by atoms with van der Waals surface area (Å²) in [5, 5.41) is 18.2. The van der Waals surface area contributed by atoms with E-state index < -0.39 is 22.3 Å². The number of hydrogen-bond donors (Lipinski definition) is 2. The molecule has 0 aliphatic carbocycles. The van der Waals surface area contributed by atoms with Crippen LogP contribution in [0, 0.1) is 5.92 Å². The fraction of sp³-hybridized carbons (Fsp3) is 0.900. The molecule has 2 atom stereocenters. The van der Waals surface area contributed by atoms with E-state index >= 15 is 0 Å². The van der Waals surface area contributed by atoms with Gasteiger partial charge in [-0.05, 0) is 12.3 Å². The lowest BCUT2D eigenvalue weighted by Gasteiger charge is -2.35. The Morgan fingerprint density at radius 2 is 2.11 bits per heavy atom. The highest BCUT2D eigenvalue weighted by Crippen LogP contribution is 2.20. The average Bonchev–Trinajstić information content (AvgIpc) is 2.29. The van der Waals surface area contributed by atoms with E-state index in [4.69, 9.17) is 5.11 Å². The van der Waals surface area contributed by atoms with Gasteiger partial charge in [0, 0.05) is 26.7 Å². The number of piperidine rings is 1. The Hall–Kier alpha value is -0.700. The van der Waals surface area contributed by atoms with Crippen LogP contribution in [0.4, 0.5) is 0 Å². The number of hydrogen-bond acceptors (Lipinski definition) is 4. The quantitative estimate of drug-likeness (QED) is 0.696. The van der Waals surface area contributed by atoms with E-state index in [1.54, 1.807) is 0 Å². The number of β-amino-alcohol motifs (C(OH)–C–C–N with tert-alkyl or cyclic N) is 1. The fourth-order valence-electron chi connectivity index (χ4n) is 1.80. The zero-order valence-electron chi connectivity index (χ0n) is 10.6. The molecule has 0 saturated carbocycles. The second kappa shape index (κ2) is 5.96. The molecular formula is C10H20N2O5S. The summed E-state index contributed by atoms with van der Waals surface area (Å²) in [7, 11) is -2.32. The molecule has 106 valence electrons. The van der Waals surface area contributed by atoms with Gasteiger partial charge in [0.25, 0.3) is 10.2 Å². The van der Waals surface area contributed by atoms with Crippen LogP contribution in [0.25, 0.3) is 0 Å². The number of carbonyl (C=O) groups is 1. The molecule has 0 aromatic rings. The third kappa shape index (κ3) is 3.64. The number of aliphatic carboxylic acids is 1. The SMILES string of the molecule is CC1CCN(S(=O)(=O)N(C)CCC(=O)O)CC1O. The molecule has 1 fully saturated rings. The maximum Gasteiger partial charge on any atom is 0.304 e. The summed E-state index contributed by atoms with van der Waals surface area (Å²) >= 11 is 0. The smallest absolute Gasteiger partial charge is 0.304 e. The summed E-state index contributed by atoms with van der Waals surface area (Å²) in [6.07, 6.45) is -0.295. The third-order valence-corrected chi connectivity index (χ3v) is 5.20. The van der Waals surface area contributed by atoms with Crippen molar-refractivity contribution < 1.29 is 23.4 Å². The van der Waals surface area contributed by atoms with E-state index in [9.17, 15) is 18.3 Å². The average molecular weight is 280 g/mol. The second-order valence-corrected chi connectivity index (χ2v) is 6.70. The number of carboxylic acid groups (broad SMARTS) is 1. The standard InChI is InChI=1S/C10H20N2O5S/c1-8-3-6-12(7-9(8)13)18(16,17)11(2)5-4-10(14)15/h8-9,13H,3-7H2,1-2H3,(H,14,15). The van der Waals surface area contributed by atoms with Gasteiger partial charge in [-0.15, -0.1) is 0 Å². The van der Waals surface area contributed by atoms with Gasteiger partial charge in [-0.2, -0.15) is 17.0 Å². The van der Waals surface area contributed by atoms with E-state index in [-0.39, 0.29) is 25.4 Å². The molecular weight excluding hydrogens is 260 g/mol. The molecule has 7 nitrogen and oxygen atoms in total.